The van der Waals surface area contributed by atoms with Gasteiger partial charge in [0, 0.05) is 26.1 Å². The highest BCUT2D eigenvalue weighted by atomic mass is 32.1. The van der Waals surface area contributed by atoms with Crippen LogP contribution in [0, 0.1) is 0 Å². The van der Waals surface area contributed by atoms with Crippen molar-refractivity contribution in [2.75, 3.05) is 7.11 Å². The number of methoxy groups -OCH3 is 1. The molecule has 1 aromatic heterocycles. The highest BCUT2D eigenvalue weighted by molar-refractivity contribution is 7.22. The van der Waals surface area contributed by atoms with Crippen LogP contribution in [0.15, 0.2) is 66.7 Å². The van der Waals surface area contributed by atoms with E-state index < -0.39 is 0 Å². The fraction of sp³-hybridized carbons (Fsp3) is 0.0455. The molecule has 0 aliphatic rings. The van der Waals surface area contributed by atoms with Crippen molar-refractivity contribution in [3.63, 3.8) is 0 Å². The third-order valence-electron chi connectivity index (χ3n) is 4.38. The molecule has 0 saturated heterocycles. The van der Waals surface area contributed by atoms with Gasteiger partial charge in [-0.05, 0) is 72.3 Å². The maximum absolute atomic E-state index is 13.3. The molecule has 4 nitrogen and oxygen atoms in total. The van der Waals surface area contributed by atoms with E-state index >= 15 is 0 Å². The summed E-state index contributed by atoms with van der Waals surface area (Å²) in [5.74, 6) is 0.900. The molecular formula is C22H16O4S. The second-order valence-corrected chi connectivity index (χ2v) is 7.14. The fourth-order valence-corrected chi connectivity index (χ4v) is 4.24. The van der Waals surface area contributed by atoms with Crippen LogP contribution in [0.25, 0.3) is 20.5 Å². The average Bonchev–Trinajstić information content (AvgIpc) is 3.07. The lowest BCUT2D eigenvalue weighted by atomic mass is 9.97. The van der Waals surface area contributed by atoms with Gasteiger partial charge in [-0.2, -0.15) is 0 Å². The zero-order chi connectivity index (χ0) is 19.0. The Labute approximate surface area is 159 Å². The molecule has 27 heavy (non-hydrogen) atoms. The Balaban J connectivity index is 1.95. The largest absolute Gasteiger partial charge is 0.508 e. The van der Waals surface area contributed by atoms with Gasteiger partial charge in [0.1, 0.15) is 17.2 Å². The molecule has 0 saturated carbocycles. The van der Waals surface area contributed by atoms with Crippen LogP contribution in [-0.2, 0) is 0 Å². The van der Waals surface area contributed by atoms with Crippen molar-refractivity contribution in [1.82, 2.24) is 0 Å². The molecule has 3 aromatic carbocycles. The van der Waals surface area contributed by atoms with Crippen molar-refractivity contribution in [2.45, 2.75) is 0 Å². The summed E-state index contributed by atoms with van der Waals surface area (Å²) in [6.07, 6.45) is 0. The summed E-state index contributed by atoms with van der Waals surface area (Å²) in [4.78, 5) is 14.1. The Bertz CT molecular complexity index is 1130. The Hall–Kier alpha value is -3.31. The molecule has 0 aliphatic heterocycles. The Morgan fingerprint density at radius 3 is 2.15 bits per heavy atom. The zero-order valence-electron chi connectivity index (χ0n) is 14.5. The SMILES string of the molecule is COc1ccc2c(C(=O)c3ccc(O)cc3)c(-c3ccc(O)cc3)sc2c1. The van der Waals surface area contributed by atoms with Crippen molar-refractivity contribution in [3.8, 4) is 27.7 Å². The number of rotatable bonds is 4. The van der Waals surface area contributed by atoms with Gasteiger partial charge in [-0.15, -0.1) is 11.3 Å². The maximum atomic E-state index is 13.3. The number of hydrogen-bond donors (Lipinski definition) is 2. The standard InChI is InChI=1S/C22H16O4S/c1-26-17-10-11-18-19(12-17)27-22(14-4-8-16(24)9-5-14)20(18)21(25)13-2-6-15(23)7-3-13/h2-12,23-24H,1H3. The molecule has 0 spiro atoms. The lowest BCUT2D eigenvalue weighted by Crippen LogP contribution is -2.01. The van der Waals surface area contributed by atoms with E-state index in [4.69, 9.17) is 4.74 Å². The lowest BCUT2D eigenvalue weighted by Gasteiger charge is -2.06. The molecule has 0 fully saturated rings. The van der Waals surface area contributed by atoms with Crippen molar-refractivity contribution < 1.29 is 19.7 Å². The van der Waals surface area contributed by atoms with Gasteiger partial charge >= 0.3 is 0 Å². The van der Waals surface area contributed by atoms with E-state index in [0.717, 1.165) is 26.3 Å². The number of ether oxygens (including phenoxy) is 1. The van der Waals surface area contributed by atoms with Crippen molar-refractivity contribution in [2.24, 2.45) is 0 Å². The molecule has 4 rings (SSSR count). The lowest BCUT2D eigenvalue weighted by molar-refractivity contribution is 0.104. The predicted molar refractivity (Wildman–Crippen MR) is 107 cm³/mol. The molecule has 4 aromatic rings. The zero-order valence-corrected chi connectivity index (χ0v) is 15.3. The summed E-state index contributed by atoms with van der Waals surface area (Å²) in [5, 5.41) is 19.9. The normalized spacial score (nSPS) is 10.9. The first-order valence-electron chi connectivity index (χ1n) is 8.30. The minimum atomic E-state index is -0.116. The minimum Gasteiger partial charge on any atom is -0.508 e. The molecule has 5 heteroatoms. The predicted octanol–water partition coefficient (Wildman–Crippen LogP) is 5.22. The van der Waals surface area contributed by atoms with E-state index in [1.54, 1.807) is 43.5 Å². The van der Waals surface area contributed by atoms with Gasteiger partial charge in [0.25, 0.3) is 0 Å². The average molecular weight is 376 g/mol. The molecular weight excluding hydrogens is 360 g/mol. The van der Waals surface area contributed by atoms with Crippen molar-refractivity contribution >= 4 is 27.2 Å². The van der Waals surface area contributed by atoms with Gasteiger partial charge in [0.15, 0.2) is 5.78 Å². The van der Waals surface area contributed by atoms with Crippen molar-refractivity contribution in [3.05, 3.63) is 77.9 Å². The first-order valence-corrected chi connectivity index (χ1v) is 9.12. The number of benzene rings is 3. The number of aromatic hydroxyl groups is 2. The number of carbonyl (C=O) groups excluding carboxylic acids is 1. The molecule has 2 N–H and O–H groups in total. The summed E-state index contributed by atoms with van der Waals surface area (Å²) in [6, 6.07) is 18.7. The second-order valence-electron chi connectivity index (χ2n) is 6.09. The van der Waals surface area contributed by atoms with E-state index in [9.17, 15) is 15.0 Å². The summed E-state index contributed by atoms with van der Waals surface area (Å²) in [5.41, 5.74) is 1.97. The number of thiophene rings is 1. The highest BCUT2D eigenvalue weighted by Gasteiger charge is 2.22. The summed E-state index contributed by atoms with van der Waals surface area (Å²) in [6.45, 7) is 0. The number of phenols is 2. The number of fused-ring (bicyclic) bond motifs is 1. The number of hydrogen-bond acceptors (Lipinski definition) is 5. The van der Waals surface area contributed by atoms with Crippen LogP contribution < -0.4 is 4.74 Å². The molecule has 0 atom stereocenters. The molecule has 0 radical (unpaired) electrons. The van der Waals surface area contributed by atoms with Crippen LogP contribution >= 0.6 is 11.3 Å². The third kappa shape index (κ3) is 3.13. The quantitative estimate of drug-likeness (QED) is 0.479. The van der Waals surface area contributed by atoms with E-state index in [1.807, 2.05) is 18.2 Å². The molecule has 0 unspecified atom stereocenters. The van der Waals surface area contributed by atoms with Gasteiger partial charge in [0.2, 0.25) is 0 Å². The summed E-state index contributed by atoms with van der Waals surface area (Å²) >= 11 is 1.51. The monoisotopic (exact) mass is 376 g/mol. The molecule has 0 bridgehead atoms. The van der Waals surface area contributed by atoms with Gasteiger partial charge in [-0.25, -0.2) is 0 Å². The van der Waals surface area contributed by atoms with E-state index in [0.29, 0.717) is 11.1 Å². The van der Waals surface area contributed by atoms with Crippen LogP contribution in [0.2, 0.25) is 0 Å². The van der Waals surface area contributed by atoms with Crippen LogP contribution in [0.5, 0.6) is 17.2 Å². The number of phenolic OH excluding ortho intramolecular Hbond substituents is 2. The van der Waals surface area contributed by atoms with Crippen LogP contribution in [-0.4, -0.2) is 23.1 Å². The second kappa shape index (κ2) is 6.78. The Morgan fingerprint density at radius 2 is 1.52 bits per heavy atom. The summed E-state index contributed by atoms with van der Waals surface area (Å²) < 4.78 is 6.26. The van der Waals surface area contributed by atoms with Gasteiger partial charge in [0.05, 0.1) is 7.11 Å². The maximum Gasteiger partial charge on any atom is 0.195 e. The van der Waals surface area contributed by atoms with E-state index in [2.05, 4.69) is 0 Å². The van der Waals surface area contributed by atoms with E-state index in [1.165, 1.54) is 23.5 Å². The van der Waals surface area contributed by atoms with Crippen LogP contribution in [0.3, 0.4) is 0 Å². The minimum absolute atomic E-state index is 0.116. The van der Waals surface area contributed by atoms with E-state index in [-0.39, 0.29) is 17.3 Å². The van der Waals surface area contributed by atoms with Gasteiger partial charge < -0.3 is 14.9 Å². The number of ketones is 1. The molecule has 0 aliphatic carbocycles. The molecule has 0 amide bonds. The first kappa shape index (κ1) is 17.1. The fourth-order valence-electron chi connectivity index (χ4n) is 3.00. The Kier molecular flexibility index (Phi) is 4.30. The van der Waals surface area contributed by atoms with Crippen LogP contribution in [0.4, 0.5) is 0 Å². The Morgan fingerprint density at radius 1 is 0.889 bits per heavy atom. The smallest absolute Gasteiger partial charge is 0.195 e. The van der Waals surface area contributed by atoms with Gasteiger partial charge in [-0.1, -0.05) is 0 Å². The number of carbonyl (C=O) groups is 1. The third-order valence-corrected chi connectivity index (χ3v) is 5.58. The highest BCUT2D eigenvalue weighted by Crippen LogP contribution is 2.41. The summed E-state index contributed by atoms with van der Waals surface area (Å²) in [7, 11) is 1.61. The first-order chi connectivity index (χ1) is 13.1. The van der Waals surface area contributed by atoms with Crippen molar-refractivity contribution in [1.29, 1.82) is 0 Å². The topological polar surface area (TPSA) is 66.8 Å². The van der Waals surface area contributed by atoms with Gasteiger partial charge in [-0.3, -0.25) is 4.79 Å². The van der Waals surface area contributed by atoms with Crippen LogP contribution in [0.1, 0.15) is 15.9 Å². The molecule has 134 valence electrons. The molecule has 1 heterocycles.